The molecule has 0 heterocycles. The van der Waals surface area contributed by atoms with Gasteiger partial charge in [-0.1, -0.05) is 12.1 Å². The SMILES string of the molecule is CCOC(=O)NN(C(=O)OCC)C(C)c1ccc(OC2CCCC2)cc1. The zero-order valence-corrected chi connectivity index (χ0v) is 15.7. The summed E-state index contributed by atoms with van der Waals surface area (Å²) in [6, 6.07) is 7.11. The van der Waals surface area contributed by atoms with Crippen molar-refractivity contribution in [2.75, 3.05) is 13.2 Å². The topological polar surface area (TPSA) is 77.1 Å². The first-order valence-corrected chi connectivity index (χ1v) is 9.21. The number of ether oxygens (including phenoxy) is 3. The average Bonchev–Trinajstić information content (AvgIpc) is 3.13. The molecule has 0 spiro atoms. The van der Waals surface area contributed by atoms with E-state index in [4.69, 9.17) is 14.2 Å². The van der Waals surface area contributed by atoms with Gasteiger partial charge < -0.3 is 14.2 Å². The highest BCUT2D eigenvalue weighted by molar-refractivity contribution is 5.74. The Balaban J connectivity index is 2.06. The second-order valence-electron chi connectivity index (χ2n) is 6.17. The Morgan fingerprint density at radius 1 is 1.12 bits per heavy atom. The summed E-state index contributed by atoms with van der Waals surface area (Å²) in [5, 5.41) is 1.13. The van der Waals surface area contributed by atoms with Crippen LogP contribution in [0.15, 0.2) is 24.3 Å². The molecule has 7 nitrogen and oxygen atoms in total. The van der Waals surface area contributed by atoms with Crippen molar-refractivity contribution < 1.29 is 23.8 Å². The number of rotatable bonds is 6. The van der Waals surface area contributed by atoms with Crippen molar-refractivity contribution >= 4 is 12.2 Å². The van der Waals surface area contributed by atoms with Crippen LogP contribution in [0.5, 0.6) is 5.75 Å². The third-order valence-corrected chi connectivity index (χ3v) is 4.31. The molecule has 1 aromatic carbocycles. The zero-order chi connectivity index (χ0) is 18.9. The smallest absolute Gasteiger partial charge is 0.429 e. The van der Waals surface area contributed by atoms with Gasteiger partial charge in [0.15, 0.2) is 0 Å². The number of carbonyl (C=O) groups is 2. The number of amides is 2. The number of carbonyl (C=O) groups excluding carboxylic acids is 2. The minimum atomic E-state index is -0.700. The van der Waals surface area contributed by atoms with Crippen LogP contribution in [-0.4, -0.2) is 36.5 Å². The quantitative estimate of drug-likeness (QED) is 0.766. The van der Waals surface area contributed by atoms with E-state index in [1.54, 1.807) is 20.8 Å². The molecule has 0 saturated heterocycles. The van der Waals surface area contributed by atoms with Crippen LogP contribution in [0.25, 0.3) is 0 Å². The molecule has 2 rings (SSSR count). The minimum Gasteiger partial charge on any atom is -0.490 e. The molecule has 1 aromatic rings. The Morgan fingerprint density at radius 2 is 1.73 bits per heavy atom. The van der Waals surface area contributed by atoms with E-state index in [-0.39, 0.29) is 13.2 Å². The van der Waals surface area contributed by atoms with Crippen LogP contribution in [0.3, 0.4) is 0 Å². The summed E-state index contributed by atoms with van der Waals surface area (Å²) in [5.74, 6) is 0.814. The standard InChI is InChI=1S/C19H28N2O5/c1-4-24-18(22)20-21(19(23)25-5-2)14(3)15-10-12-17(13-11-15)26-16-8-6-7-9-16/h10-14,16H,4-9H2,1-3H3,(H,20,22). The highest BCUT2D eigenvalue weighted by Crippen LogP contribution is 2.26. The van der Waals surface area contributed by atoms with Gasteiger partial charge in [-0.3, -0.25) is 0 Å². The van der Waals surface area contributed by atoms with E-state index >= 15 is 0 Å². The van der Waals surface area contributed by atoms with Gasteiger partial charge in [-0.2, -0.15) is 0 Å². The molecular formula is C19H28N2O5. The fourth-order valence-electron chi connectivity index (χ4n) is 2.93. The lowest BCUT2D eigenvalue weighted by atomic mass is 10.1. The Labute approximate surface area is 154 Å². The number of hydrogen-bond donors (Lipinski definition) is 1. The van der Waals surface area contributed by atoms with Gasteiger partial charge in [-0.15, -0.1) is 0 Å². The van der Waals surface area contributed by atoms with Crippen molar-refractivity contribution in [1.29, 1.82) is 0 Å². The maximum atomic E-state index is 12.2. The molecule has 26 heavy (non-hydrogen) atoms. The molecule has 0 aromatic heterocycles. The predicted octanol–water partition coefficient (Wildman–Crippen LogP) is 4.19. The monoisotopic (exact) mass is 364 g/mol. The van der Waals surface area contributed by atoms with Crippen molar-refractivity contribution in [2.24, 2.45) is 0 Å². The summed E-state index contributed by atoms with van der Waals surface area (Å²) >= 11 is 0. The lowest BCUT2D eigenvalue weighted by Gasteiger charge is -2.28. The van der Waals surface area contributed by atoms with Crippen molar-refractivity contribution in [3.8, 4) is 5.75 Å². The molecule has 1 saturated carbocycles. The molecule has 0 radical (unpaired) electrons. The van der Waals surface area contributed by atoms with Crippen LogP contribution in [0.1, 0.15) is 58.1 Å². The fourth-order valence-corrected chi connectivity index (χ4v) is 2.93. The first-order valence-electron chi connectivity index (χ1n) is 9.21. The third-order valence-electron chi connectivity index (χ3n) is 4.31. The van der Waals surface area contributed by atoms with E-state index in [9.17, 15) is 9.59 Å². The molecule has 1 N–H and O–H groups in total. The summed E-state index contributed by atoms with van der Waals surface area (Å²) in [7, 11) is 0. The maximum absolute atomic E-state index is 12.2. The van der Waals surface area contributed by atoms with Gasteiger partial charge in [0.25, 0.3) is 0 Å². The second kappa shape index (κ2) is 9.89. The van der Waals surface area contributed by atoms with Gasteiger partial charge in [-0.25, -0.2) is 20.0 Å². The van der Waals surface area contributed by atoms with Gasteiger partial charge in [0.05, 0.1) is 25.4 Å². The maximum Gasteiger partial charge on any atom is 0.429 e. The van der Waals surface area contributed by atoms with Crippen LogP contribution in [0, 0.1) is 0 Å². The Bertz CT molecular complexity index is 584. The Morgan fingerprint density at radius 3 is 2.31 bits per heavy atom. The summed E-state index contributed by atoms with van der Waals surface area (Å²) in [4.78, 5) is 23.9. The molecule has 7 heteroatoms. The van der Waals surface area contributed by atoms with Gasteiger partial charge in [0, 0.05) is 0 Å². The van der Waals surface area contributed by atoms with Gasteiger partial charge >= 0.3 is 12.2 Å². The van der Waals surface area contributed by atoms with E-state index < -0.39 is 18.2 Å². The number of nitrogens with one attached hydrogen (secondary N) is 1. The van der Waals surface area contributed by atoms with Crippen LogP contribution in [0.2, 0.25) is 0 Å². The molecule has 1 atom stereocenters. The van der Waals surface area contributed by atoms with E-state index in [1.807, 2.05) is 24.3 Å². The lowest BCUT2D eigenvalue weighted by molar-refractivity contribution is 0.0582. The first-order chi connectivity index (χ1) is 12.5. The third kappa shape index (κ3) is 5.54. The number of nitrogens with zero attached hydrogens (tertiary/aromatic N) is 1. The summed E-state index contributed by atoms with van der Waals surface area (Å²) in [5.41, 5.74) is 3.28. The average molecular weight is 364 g/mol. The highest BCUT2D eigenvalue weighted by Gasteiger charge is 2.25. The molecule has 1 fully saturated rings. The van der Waals surface area contributed by atoms with E-state index in [1.165, 1.54) is 12.8 Å². The molecule has 1 unspecified atom stereocenters. The normalized spacial score (nSPS) is 15.2. The summed E-state index contributed by atoms with van der Waals surface area (Å²) in [6.07, 6.45) is 3.57. The molecule has 2 amide bonds. The van der Waals surface area contributed by atoms with Crippen LogP contribution in [-0.2, 0) is 9.47 Å². The van der Waals surface area contributed by atoms with Crippen molar-refractivity contribution in [3.05, 3.63) is 29.8 Å². The molecule has 1 aliphatic rings. The molecule has 1 aliphatic carbocycles. The highest BCUT2D eigenvalue weighted by atomic mass is 16.6. The lowest BCUT2D eigenvalue weighted by Crippen LogP contribution is -2.48. The van der Waals surface area contributed by atoms with E-state index in [0.717, 1.165) is 29.2 Å². The first kappa shape index (κ1) is 19.9. The van der Waals surface area contributed by atoms with E-state index in [2.05, 4.69) is 5.43 Å². The molecular weight excluding hydrogens is 336 g/mol. The van der Waals surface area contributed by atoms with Crippen LogP contribution < -0.4 is 10.2 Å². The second-order valence-corrected chi connectivity index (χ2v) is 6.17. The minimum absolute atomic E-state index is 0.209. The van der Waals surface area contributed by atoms with Gasteiger partial charge in [-0.05, 0) is 64.2 Å². The largest absolute Gasteiger partial charge is 0.490 e. The van der Waals surface area contributed by atoms with Crippen LogP contribution >= 0.6 is 0 Å². The van der Waals surface area contributed by atoms with Crippen LogP contribution in [0.4, 0.5) is 9.59 Å². The van der Waals surface area contributed by atoms with Gasteiger partial charge in [0.1, 0.15) is 5.75 Å². The number of benzene rings is 1. The van der Waals surface area contributed by atoms with Crippen molar-refractivity contribution in [3.63, 3.8) is 0 Å². The van der Waals surface area contributed by atoms with Gasteiger partial charge in [0.2, 0.25) is 0 Å². The number of hydrazine groups is 1. The van der Waals surface area contributed by atoms with Crippen molar-refractivity contribution in [1.82, 2.24) is 10.4 Å². The zero-order valence-electron chi connectivity index (χ0n) is 15.7. The van der Waals surface area contributed by atoms with Crippen molar-refractivity contribution in [2.45, 2.75) is 58.6 Å². The Kier molecular flexibility index (Phi) is 7.56. The fraction of sp³-hybridized carbons (Fsp3) is 0.579. The Hall–Kier alpha value is -2.44. The predicted molar refractivity (Wildman–Crippen MR) is 96.8 cm³/mol. The molecule has 144 valence electrons. The molecule has 0 aliphatic heterocycles. The summed E-state index contributed by atoms with van der Waals surface area (Å²) in [6.45, 7) is 5.63. The number of hydrogen-bond acceptors (Lipinski definition) is 5. The molecule has 0 bridgehead atoms. The summed E-state index contributed by atoms with van der Waals surface area (Å²) < 4.78 is 15.8. The van der Waals surface area contributed by atoms with E-state index in [0.29, 0.717) is 6.10 Å².